The lowest BCUT2D eigenvalue weighted by atomic mass is 10.1. The standard InChI is InChI=1S/C9H12N4O2S/c1-4-6-5(2-3-13(4)9(11)15)12-8(16-6)7(10)14/h4H,2-3H2,1H3,(H2,10,14)(H2,11,15). The number of fused-ring (bicyclic) bond motifs is 1. The lowest BCUT2D eigenvalue weighted by Crippen LogP contribution is -2.41. The van der Waals surface area contributed by atoms with Crippen LogP contribution in [0.2, 0.25) is 0 Å². The van der Waals surface area contributed by atoms with Crippen molar-refractivity contribution in [2.75, 3.05) is 6.54 Å². The summed E-state index contributed by atoms with van der Waals surface area (Å²) >= 11 is 1.24. The summed E-state index contributed by atoms with van der Waals surface area (Å²) in [5.41, 5.74) is 11.3. The Kier molecular flexibility index (Phi) is 2.55. The highest BCUT2D eigenvalue weighted by atomic mass is 32.1. The minimum absolute atomic E-state index is 0.133. The SMILES string of the molecule is CC1c2sc(C(N)=O)nc2CCN1C(N)=O. The molecule has 4 N–H and O–H groups in total. The van der Waals surface area contributed by atoms with Gasteiger partial charge in [0.15, 0.2) is 5.01 Å². The maximum absolute atomic E-state index is 11.2. The number of aromatic nitrogens is 1. The number of primary amides is 2. The quantitative estimate of drug-likeness (QED) is 0.734. The molecule has 6 nitrogen and oxygen atoms in total. The van der Waals surface area contributed by atoms with Gasteiger partial charge in [-0.15, -0.1) is 11.3 Å². The van der Waals surface area contributed by atoms with Crippen LogP contribution < -0.4 is 11.5 Å². The first kappa shape index (κ1) is 10.9. The summed E-state index contributed by atoms with van der Waals surface area (Å²) < 4.78 is 0. The molecule has 1 aliphatic heterocycles. The molecule has 1 aromatic rings. The molecule has 0 radical (unpaired) electrons. The first-order chi connectivity index (χ1) is 7.50. The summed E-state index contributed by atoms with van der Waals surface area (Å²) in [5, 5.41) is 0.295. The van der Waals surface area contributed by atoms with Crippen molar-refractivity contribution in [1.82, 2.24) is 9.88 Å². The Morgan fingerprint density at radius 1 is 1.50 bits per heavy atom. The molecule has 86 valence electrons. The van der Waals surface area contributed by atoms with Crippen molar-refractivity contribution >= 4 is 23.3 Å². The van der Waals surface area contributed by atoms with E-state index in [0.29, 0.717) is 18.0 Å². The first-order valence-corrected chi connectivity index (χ1v) is 5.68. The molecule has 7 heteroatoms. The Balaban J connectivity index is 2.37. The van der Waals surface area contributed by atoms with Crippen LogP contribution in [0.15, 0.2) is 0 Å². The Bertz CT molecular complexity index is 456. The Morgan fingerprint density at radius 3 is 2.75 bits per heavy atom. The molecular formula is C9H12N4O2S. The predicted molar refractivity (Wildman–Crippen MR) is 59.0 cm³/mol. The summed E-state index contributed by atoms with van der Waals surface area (Å²) in [4.78, 5) is 28.8. The smallest absolute Gasteiger partial charge is 0.315 e. The van der Waals surface area contributed by atoms with Gasteiger partial charge in [-0.3, -0.25) is 4.79 Å². The van der Waals surface area contributed by atoms with E-state index in [4.69, 9.17) is 11.5 Å². The van der Waals surface area contributed by atoms with E-state index in [1.807, 2.05) is 6.92 Å². The van der Waals surface area contributed by atoms with Crippen LogP contribution in [0.5, 0.6) is 0 Å². The molecule has 0 saturated heterocycles. The van der Waals surface area contributed by atoms with Gasteiger partial charge in [0.2, 0.25) is 0 Å². The van der Waals surface area contributed by atoms with Crippen molar-refractivity contribution < 1.29 is 9.59 Å². The molecule has 0 aromatic carbocycles. The fraction of sp³-hybridized carbons (Fsp3) is 0.444. The number of thiazole rings is 1. The van der Waals surface area contributed by atoms with Crippen LogP contribution in [0.1, 0.15) is 33.3 Å². The predicted octanol–water partition coefficient (Wildman–Crippen LogP) is 0.240. The molecule has 2 rings (SSSR count). The van der Waals surface area contributed by atoms with E-state index in [1.54, 1.807) is 4.90 Å². The third-order valence-corrected chi connectivity index (χ3v) is 3.94. The number of rotatable bonds is 1. The normalized spacial score (nSPS) is 19.3. The third-order valence-electron chi connectivity index (χ3n) is 2.66. The summed E-state index contributed by atoms with van der Waals surface area (Å²) in [7, 11) is 0. The average molecular weight is 240 g/mol. The fourth-order valence-corrected chi connectivity index (χ4v) is 2.87. The second-order valence-electron chi connectivity index (χ2n) is 3.65. The molecule has 0 spiro atoms. The van der Waals surface area contributed by atoms with Crippen molar-refractivity contribution in [3.8, 4) is 0 Å². The topological polar surface area (TPSA) is 102 Å². The minimum Gasteiger partial charge on any atom is -0.364 e. The number of amides is 3. The summed E-state index contributed by atoms with van der Waals surface area (Å²) in [6.45, 7) is 2.40. The van der Waals surface area contributed by atoms with E-state index >= 15 is 0 Å². The van der Waals surface area contributed by atoms with Crippen LogP contribution in [0, 0.1) is 0 Å². The highest BCUT2D eigenvalue weighted by Crippen LogP contribution is 2.33. The highest BCUT2D eigenvalue weighted by molar-refractivity contribution is 7.13. The maximum atomic E-state index is 11.2. The molecule has 3 amide bonds. The Labute approximate surface area is 96.2 Å². The molecule has 0 aliphatic carbocycles. The van der Waals surface area contributed by atoms with Gasteiger partial charge in [0, 0.05) is 13.0 Å². The fourth-order valence-electron chi connectivity index (χ4n) is 1.84. The van der Waals surface area contributed by atoms with Gasteiger partial charge in [-0.05, 0) is 6.92 Å². The number of hydrogen-bond acceptors (Lipinski definition) is 4. The lowest BCUT2D eigenvalue weighted by molar-refractivity contribution is 0.0999. The molecule has 2 heterocycles. The Hall–Kier alpha value is -1.63. The van der Waals surface area contributed by atoms with Crippen molar-refractivity contribution in [3.63, 3.8) is 0 Å². The zero-order valence-corrected chi connectivity index (χ0v) is 9.58. The van der Waals surface area contributed by atoms with E-state index < -0.39 is 11.9 Å². The molecule has 0 bridgehead atoms. The largest absolute Gasteiger partial charge is 0.364 e. The van der Waals surface area contributed by atoms with Crippen LogP contribution >= 0.6 is 11.3 Å². The summed E-state index contributed by atoms with van der Waals surface area (Å²) in [6.07, 6.45) is 0.617. The van der Waals surface area contributed by atoms with Crippen LogP contribution in [0.25, 0.3) is 0 Å². The minimum atomic E-state index is -0.530. The number of urea groups is 1. The zero-order chi connectivity index (χ0) is 11.9. The van der Waals surface area contributed by atoms with E-state index in [9.17, 15) is 9.59 Å². The summed E-state index contributed by atoms with van der Waals surface area (Å²) in [5.74, 6) is -0.530. The second kappa shape index (κ2) is 3.75. The van der Waals surface area contributed by atoms with Crippen LogP contribution in [0.4, 0.5) is 4.79 Å². The number of nitrogens with zero attached hydrogens (tertiary/aromatic N) is 2. The molecule has 1 aromatic heterocycles. The van der Waals surface area contributed by atoms with E-state index in [-0.39, 0.29) is 6.04 Å². The van der Waals surface area contributed by atoms with Gasteiger partial charge in [-0.1, -0.05) is 0 Å². The van der Waals surface area contributed by atoms with Gasteiger partial charge in [-0.25, -0.2) is 9.78 Å². The number of carbonyl (C=O) groups excluding carboxylic acids is 2. The van der Waals surface area contributed by atoms with Crippen molar-refractivity contribution in [2.24, 2.45) is 11.5 Å². The number of nitrogens with two attached hydrogens (primary N) is 2. The molecule has 1 atom stereocenters. The van der Waals surface area contributed by atoms with Gasteiger partial charge in [0.05, 0.1) is 16.6 Å². The van der Waals surface area contributed by atoms with E-state index in [0.717, 1.165) is 10.6 Å². The monoisotopic (exact) mass is 240 g/mol. The van der Waals surface area contributed by atoms with Gasteiger partial charge >= 0.3 is 6.03 Å². The lowest BCUT2D eigenvalue weighted by Gasteiger charge is -2.30. The first-order valence-electron chi connectivity index (χ1n) is 4.86. The molecule has 0 saturated carbocycles. The van der Waals surface area contributed by atoms with Gasteiger partial charge in [-0.2, -0.15) is 0 Å². The van der Waals surface area contributed by atoms with Crippen LogP contribution in [0.3, 0.4) is 0 Å². The van der Waals surface area contributed by atoms with Crippen molar-refractivity contribution in [2.45, 2.75) is 19.4 Å². The van der Waals surface area contributed by atoms with Crippen molar-refractivity contribution in [3.05, 3.63) is 15.6 Å². The molecular weight excluding hydrogens is 228 g/mol. The van der Waals surface area contributed by atoms with Crippen molar-refractivity contribution in [1.29, 1.82) is 0 Å². The highest BCUT2D eigenvalue weighted by Gasteiger charge is 2.30. The Morgan fingerprint density at radius 2 is 2.19 bits per heavy atom. The molecule has 1 unspecified atom stereocenters. The number of hydrogen-bond donors (Lipinski definition) is 2. The van der Waals surface area contributed by atoms with Gasteiger partial charge < -0.3 is 16.4 Å². The van der Waals surface area contributed by atoms with Gasteiger partial charge in [0.25, 0.3) is 5.91 Å². The summed E-state index contributed by atoms with van der Waals surface area (Å²) in [6, 6.07) is -0.584. The number of carbonyl (C=O) groups is 2. The molecule has 1 aliphatic rings. The molecule has 0 fully saturated rings. The molecule has 16 heavy (non-hydrogen) atoms. The second-order valence-corrected chi connectivity index (χ2v) is 4.68. The van der Waals surface area contributed by atoms with Crippen LogP contribution in [-0.4, -0.2) is 28.4 Å². The zero-order valence-electron chi connectivity index (χ0n) is 8.77. The average Bonchev–Trinajstić information content (AvgIpc) is 2.62. The van der Waals surface area contributed by atoms with E-state index in [2.05, 4.69) is 4.98 Å². The third kappa shape index (κ3) is 1.63. The van der Waals surface area contributed by atoms with Crippen LogP contribution in [-0.2, 0) is 6.42 Å². The van der Waals surface area contributed by atoms with E-state index in [1.165, 1.54) is 11.3 Å². The van der Waals surface area contributed by atoms with Gasteiger partial charge in [0.1, 0.15) is 0 Å². The maximum Gasteiger partial charge on any atom is 0.315 e.